The molecule has 0 atom stereocenters. The van der Waals surface area contributed by atoms with Crippen molar-refractivity contribution >= 4 is 41.3 Å². The van der Waals surface area contributed by atoms with Gasteiger partial charge < -0.3 is 15.1 Å². The predicted molar refractivity (Wildman–Crippen MR) is 121 cm³/mol. The third kappa shape index (κ3) is 6.03. The van der Waals surface area contributed by atoms with Crippen molar-refractivity contribution in [2.24, 2.45) is 4.99 Å². The van der Waals surface area contributed by atoms with Gasteiger partial charge >= 0.3 is 0 Å². The Kier molecular flexibility index (Phi) is 8.23. The summed E-state index contributed by atoms with van der Waals surface area (Å²) in [5, 5.41) is 9.67. The van der Waals surface area contributed by atoms with Gasteiger partial charge in [-0.05, 0) is 18.1 Å². The maximum atomic E-state index is 5.55. The van der Waals surface area contributed by atoms with Crippen LogP contribution >= 0.6 is 35.3 Å². The van der Waals surface area contributed by atoms with Gasteiger partial charge in [-0.25, -0.2) is 9.97 Å². The molecule has 0 bridgehead atoms. The quantitative estimate of drug-likeness (QED) is 0.300. The van der Waals surface area contributed by atoms with E-state index in [9.17, 15) is 0 Å². The number of nitrogens with one attached hydrogen (secondary N) is 2. The fourth-order valence-electron chi connectivity index (χ4n) is 2.33. The molecule has 3 rings (SSSR count). The van der Waals surface area contributed by atoms with Crippen LogP contribution in [0.25, 0.3) is 11.5 Å². The molecule has 1 aromatic carbocycles. The summed E-state index contributed by atoms with van der Waals surface area (Å²) in [6.45, 7) is 5.47. The minimum Gasteiger partial charge on any atom is -0.444 e. The Morgan fingerprint density at radius 3 is 2.56 bits per heavy atom. The van der Waals surface area contributed by atoms with E-state index < -0.39 is 0 Å². The van der Waals surface area contributed by atoms with Gasteiger partial charge in [-0.3, -0.25) is 4.99 Å². The lowest BCUT2D eigenvalue weighted by Gasteiger charge is -2.09. The molecule has 2 aromatic heterocycles. The summed E-state index contributed by atoms with van der Waals surface area (Å²) < 4.78 is 5.55. The highest BCUT2D eigenvalue weighted by Gasteiger charge is 2.08. The van der Waals surface area contributed by atoms with Crippen LogP contribution in [-0.2, 0) is 13.1 Å². The third-order valence-electron chi connectivity index (χ3n) is 3.80. The molecule has 0 saturated heterocycles. The Bertz CT molecular complexity index is 860. The molecule has 0 aliphatic heterocycles. The van der Waals surface area contributed by atoms with E-state index in [2.05, 4.69) is 44.8 Å². The minimum atomic E-state index is 0. The van der Waals surface area contributed by atoms with Crippen molar-refractivity contribution in [1.29, 1.82) is 0 Å². The monoisotopic (exact) mass is 497 g/mol. The first kappa shape index (κ1) is 21.4. The van der Waals surface area contributed by atoms with Crippen molar-refractivity contribution < 1.29 is 4.42 Å². The van der Waals surface area contributed by atoms with E-state index in [1.165, 1.54) is 0 Å². The van der Waals surface area contributed by atoms with E-state index in [4.69, 9.17) is 4.42 Å². The topological polar surface area (TPSA) is 75.3 Å². The van der Waals surface area contributed by atoms with Crippen LogP contribution in [0.2, 0.25) is 0 Å². The molecule has 3 aromatic rings. The molecule has 2 heterocycles. The van der Waals surface area contributed by atoms with Gasteiger partial charge in [0.2, 0.25) is 5.89 Å². The molecule has 144 valence electrons. The normalized spacial score (nSPS) is 11.3. The van der Waals surface area contributed by atoms with Gasteiger partial charge in [0.1, 0.15) is 11.3 Å². The van der Waals surface area contributed by atoms with Crippen LogP contribution < -0.4 is 10.6 Å². The molecule has 0 radical (unpaired) electrons. The zero-order chi connectivity index (χ0) is 18.4. The zero-order valence-corrected chi connectivity index (χ0v) is 18.7. The summed E-state index contributed by atoms with van der Waals surface area (Å²) in [5.41, 5.74) is 2.92. The maximum Gasteiger partial charge on any atom is 0.226 e. The number of rotatable bonds is 6. The van der Waals surface area contributed by atoms with Gasteiger partial charge in [-0.2, -0.15) is 0 Å². The van der Waals surface area contributed by atoms with Crippen molar-refractivity contribution in [3.8, 4) is 11.5 Å². The summed E-state index contributed by atoms with van der Waals surface area (Å²) in [7, 11) is 1.74. The van der Waals surface area contributed by atoms with Crippen LogP contribution in [0.4, 0.5) is 0 Å². The van der Waals surface area contributed by atoms with Crippen LogP contribution in [-0.4, -0.2) is 23.0 Å². The maximum absolute atomic E-state index is 5.55. The standard InChI is InChI=1S/C19H23N5OS.HI/c1-13(2)16-12-26-17(24-16)10-22-19(20-3)21-9-15-11-25-18(23-15)14-7-5-4-6-8-14;/h4-8,11-13H,9-10H2,1-3H3,(H2,20,21,22);1H. The number of benzene rings is 1. The first-order chi connectivity index (χ1) is 12.7. The molecule has 2 N–H and O–H groups in total. The second-order valence-corrected chi connectivity index (χ2v) is 7.05. The third-order valence-corrected chi connectivity index (χ3v) is 4.67. The molecule has 0 unspecified atom stereocenters. The van der Waals surface area contributed by atoms with Gasteiger partial charge in [0.25, 0.3) is 0 Å². The van der Waals surface area contributed by atoms with E-state index >= 15 is 0 Å². The first-order valence-electron chi connectivity index (χ1n) is 8.54. The van der Waals surface area contributed by atoms with Crippen LogP contribution in [0.1, 0.15) is 36.2 Å². The van der Waals surface area contributed by atoms with Gasteiger partial charge in [-0.1, -0.05) is 32.0 Å². The Morgan fingerprint density at radius 2 is 1.89 bits per heavy atom. The summed E-state index contributed by atoms with van der Waals surface area (Å²) in [4.78, 5) is 13.4. The molecule has 27 heavy (non-hydrogen) atoms. The molecular weight excluding hydrogens is 473 g/mol. The largest absolute Gasteiger partial charge is 0.444 e. The van der Waals surface area contributed by atoms with Gasteiger partial charge in [0.05, 0.1) is 24.5 Å². The molecule has 0 fully saturated rings. The molecule has 0 aliphatic rings. The van der Waals surface area contributed by atoms with Crippen LogP contribution in [0, 0.1) is 0 Å². The molecule has 0 amide bonds. The SMILES string of the molecule is CN=C(NCc1coc(-c2ccccc2)n1)NCc1nc(C(C)C)cs1.I. The van der Waals surface area contributed by atoms with E-state index in [1.54, 1.807) is 24.6 Å². The molecule has 0 spiro atoms. The van der Waals surface area contributed by atoms with E-state index in [0.29, 0.717) is 30.9 Å². The molecular formula is C19H24IN5OS. The van der Waals surface area contributed by atoms with Crippen LogP contribution in [0.3, 0.4) is 0 Å². The number of oxazole rings is 1. The molecule has 8 heteroatoms. The second kappa shape index (κ2) is 10.4. The van der Waals surface area contributed by atoms with Crippen LogP contribution in [0.5, 0.6) is 0 Å². The fourth-order valence-corrected chi connectivity index (χ4v) is 3.22. The number of hydrogen-bond acceptors (Lipinski definition) is 5. The first-order valence-corrected chi connectivity index (χ1v) is 9.42. The van der Waals surface area contributed by atoms with E-state index in [-0.39, 0.29) is 24.0 Å². The smallest absolute Gasteiger partial charge is 0.226 e. The average molecular weight is 497 g/mol. The number of aromatic nitrogens is 2. The molecule has 0 saturated carbocycles. The predicted octanol–water partition coefficient (Wildman–Crippen LogP) is 4.40. The van der Waals surface area contributed by atoms with Crippen molar-refractivity contribution in [3.63, 3.8) is 0 Å². The number of thiazole rings is 1. The molecule has 0 aliphatic carbocycles. The highest BCUT2D eigenvalue weighted by Crippen LogP contribution is 2.18. The van der Waals surface area contributed by atoms with Gasteiger partial charge in [0.15, 0.2) is 5.96 Å². The number of halogens is 1. The summed E-state index contributed by atoms with van der Waals surface area (Å²) in [6.07, 6.45) is 1.67. The van der Waals surface area contributed by atoms with Crippen LogP contribution in [0.15, 0.2) is 51.4 Å². The Balaban J connectivity index is 0.00000261. The van der Waals surface area contributed by atoms with Crippen molar-refractivity contribution in [2.75, 3.05) is 7.05 Å². The highest BCUT2D eigenvalue weighted by molar-refractivity contribution is 14.0. The van der Waals surface area contributed by atoms with Crippen molar-refractivity contribution in [1.82, 2.24) is 20.6 Å². The molecule has 6 nitrogen and oxygen atoms in total. The summed E-state index contributed by atoms with van der Waals surface area (Å²) >= 11 is 1.66. The van der Waals surface area contributed by atoms with E-state index in [1.807, 2.05) is 30.3 Å². The lowest BCUT2D eigenvalue weighted by Crippen LogP contribution is -2.36. The van der Waals surface area contributed by atoms with Gasteiger partial charge in [-0.15, -0.1) is 35.3 Å². The lowest BCUT2D eigenvalue weighted by molar-refractivity contribution is 0.572. The highest BCUT2D eigenvalue weighted by atomic mass is 127. The number of guanidine groups is 1. The van der Waals surface area contributed by atoms with Crippen molar-refractivity contribution in [3.05, 3.63) is 58.4 Å². The lowest BCUT2D eigenvalue weighted by atomic mass is 10.2. The minimum absolute atomic E-state index is 0. The number of hydrogen-bond donors (Lipinski definition) is 2. The average Bonchev–Trinajstić information content (AvgIpc) is 3.32. The summed E-state index contributed by atoms with van der Waals surface area (Å²) in [5.74, 6) is 1.77. The Labute approximate surface area is 180 Å². The Hall–Kier alpha value is -1.94. The van der Waals surface area contributed by atoms with Crippen molar-refractivity contribution in [2.45, 2.75) is 32.9 Å². The summed E-state index contributed by atoms with van der Waals surface area (Å²) in [6, 6.07) is 9.85. The zero-order valence-electron chi connectivity index (χ0n) is 15.6. The Morgan fingerprint density at radius 1 is 1.15 bits per heavy atom. The van der Waals surface area contributed by atoms with E-state index in [0.717, 1.165) is 22.0 Å². The van der Waals surface area contributed by atoms with Gasteiger partial charge in [0, 0.05) is 18.0 Å². The number of nitrogens with zero attached hydrogens (tertiary/aromatic N) is 3. The second-order valence-electron chi connectivity index (χ2n) is 6.11. The number of aliphatic imine (C=N–C) groups is 1. The fraction of sp³-hybridized carbons (Fsp3) is 0.316.